The van der Waals surface area contributed by atoms with Gasteiger partial charge in [0.15, 0.2) is 0 Å². The van der Waals surface area contributed by atoms with E-state index in [0.29, 0.717) is 25.8 Å². The second kappa shape index (κ2) is 11.0. The number of hydrogen-bond donors (Lipinski definition) is 1. The van der Waals surface area contributed by atoms with Crippen LogP contribution in [0.1, 0.15) is 81.1 Å². The molecule has 3 heterocycles. The molecule has 3 saturated heterocycles. The minimum absolute atomic E-state index is 0.0587. The molecule has 0 aromatic carbocycles. The number of aliphatic hydroxyl groups excluding tert-OH is 1. The average Bonchev–Trinajstić information content (AvgIpc) is 3.33. The van der Waals surface area contributed by atoms with Crippen molar-refractivity contribution in [1.82, 2.24) is 9.80 Å². The molecule has 3 fully saturated rings. The van der Waals surface area contributed by atoms with Gasteiger partial charge >= 0.3 is 5.97 Å². The molecular weight excluding hydrogens is 496 g/mol. The quantitative estimate of drug-likeness (QED) is 0.225. The van der Waals surface area contributed by atoms with E-state index < -0.39 is 46.6 Å². The van der Waals surface area contributed by atoms with Gasteiger partial charge in [-0.25, -0.2) is 0 Å². The summed E-state index contributed by atoms with van der Waals surface area (Å²) in [4.78, 5) is 46.0. The van der Waals surface area contributed by atoms with Gasteiger partial charge in [-0.1, -0.05) is 46.8 Å². The first-order chi connectivity index (χ1) is 18.1. The third-order valence-corrected chi connectivity index (χ3v) is 9.15. The lowest BCUT2D eigenvalue weighted by Crippen LogP contribution is -2.62. The number of amides is 2. The maximum Gasteiger partial charge on any atom is 0.312 e. The number of rotatable bonds is 12. The number of likely N-dealkylation sites (tertiary alicyclic amines) is 1. The van der Waals surface area contributed by atoms with E-state index in [2.05, 4.69) is 33.9 Å². The highest BCUT2D eigenvalue weighted by Crippen LogP contribution is 2.66. The van der Waals surface area contributed by atoms with Crippen molar-refractivity contribution < 1.29 is 29.0 Å². The van der Waals surface area contributed by atoms with Crippen molar-refractivity contribution >= 4 is 17.8 Å². The fraction of sp³-hybridized carbons (Fsp3) is 0.774. The summed E-state index contributed by atoms with van der Waals surface area (Å²) >= 11 is 0. The molecule has 1 N–H and O–H groups in total. The lowest BCUT2D eigenvalue weighted by molar-refractivity contribution is -0.165. The van der Waals surface area contributed by atoms with Gasteiger partial charge in [0.1, 0.15) is 17.6 Å². The van der Waals surface area contributed by atoms with Gasteiger partial charge in [0, 0.05) is 12.1 Å². The summed E-state index contributed by atoms with van der Waals surface area (Å²) in [6.07, 6.45) is 5.54. The van der Waals surface area contributed by atoms with Crippen LogP contribution in [0.2, 0.25) is 0 Å². The molecule has 8 heteroatoms. The summed E-state index contributed by atoms with van der Waals surface area (Å²) in [5.41, 5.74) is -2.74. The fourth-order valence-electron chi connectivity index (χ4n) is 7.76. The summed E-state index contributed by atoms with van der Waals surface area (Å²) in [5.74, 6) is -2.82. The van der Waals surface area contributed by atoms with Gasteiger partial charge in [0.05, 0.1) is 30.8 Å². The molecule has 8 nitrogen and oxygen atoms in total. The van der Waals surface area contributed by atoms with Crippen LogP contribution < -0.4 is 0 Å². The topological polar surface area (TPSA) is 96.4 Å². The van der Waals surface area contributed by atoms with Crippen LogP contribution in [0.25, 0.3) is 0 Å². The zero-order chi connectivity index (χ0) is 29.6. The van der Waals surface area contributed by atoms with Crippen LogP contribution in [0.15, 0.2) is 25.3 Å². The molecule has 39 heavy (non-hydrogen) atoms. The Kier molecular flexibility index (Phi) is 8.84. The number of esters is 1. The molecular formula is C31H50N2O6. The van der Waals surface area contributed by atoms with E-state index in [4.69, 9.17) is 9.47 Å². The zero-order valence-electron chi connectivity index (χ0n) is 25.3. The van der Waals surface area contributed by atoms with Crippen molar-refractivity contribution in [2.45, 2.75) is 110 Å². The van der Waals surface area contributed by atoms with Gasteiger partial charge in [-0.2, -0.15) is 0 Å². The normalized spacial score (nSPS) is 32.6. The number of hydrogen-bond acceptors (Lipinski definition) is 6. The highest BCUT2D eigenvalue weighted by Gasteiger charge is 2.81. The second-order valence-electron chi connectivity index (χ2n) is 13.7. The van der Waals surface area contributed by atoms with E-state index in [1.54, 1.807) is 17.1 Å². The number of aliphatic hydroxyl groups is 1. The summed E-state index contributed by atoms with van der Waals surface area (Å²) in [7, 11) is 0. The predicted octanol–water partition coefficient (Wildman–Crippen LogP) is 4.12. The lowest BCUT2D eigenvalue weighted by atomic mass is 9.62. The summed E-state index contributed by atoms with van der Waals surface area (Å²) < 4.78 is 12.4. The highest BCUT2D eigenvalue weighted by molar-refractivity contribution is 5.99. The number of nitrogens with zero attached hydrogens (tertiary/aromatic N) is 2. The smallest absolute Gasteiger partial charge is 0.312 e. The van der Waals surface area contributed by atoms with Gasteiger partial charge in [-0.15, -0.1) is 13.2 Å². The van der Waals surface area contributed by atoms with Gasteiger partial charge in [0.2, 0.25) is 11.8 Å². The Balaban J connectivity index is 2.16. The first kappa shape index (κ1) is 31.3. The maximum atomic E-state index is 14.8. The number of ether oxygens (including phenoxy) is 2. The highest BCUT2D eigenvalue weighted by atomic mass is 16.6. The van der Waals surface area contributed by atoms with Crippen molar-refractivity contribution in [3.8, 4) is 0 Å². The molecule has 0 saturated carbocycles. The molecule has 7 atom stereocenters. The van der Waals surface area contributed by atoms with Gasteiger partial charge in [0.25, 0.3) is 0 Å². The zero-order valence-corrected chi connectivity index (χ0v) is 25.3. The number of carbonyl (C=O) groups is 3. The van der Waals surface area contributed by atoms with Crippen molar-refractivity contribution in [2.24, 2.45) is 23.2 Å². The van der Waals surface area contributed by atoms with Crippen molar-refractivity contribution in [3.05, 3.63) is 25.3 Å². The predicted molar refractivity (Wildman–Crippen MR) is 151 cm³/mol. The van der Waals surface area contributed by atoms with Gasteiger partial charge in [-0.3, -0.25) is 14.4 Å². The molecule has 1 spiro atoms. The Labute approximate surface area is 234 Å². The van der Waals surface area contributed by atoms with E-state index in [-0.39, 0.29) is 36.4 Å². The lowest BCUT2D eigenvalue weighted by Gasteiger charge is -2.46. The van der Waals surface area contributed by atoms with Crippen LogP contribution in [0.4, 0.5) is 0 Å². The average molecular weight is 547 g/mol. The Morgan fingerprint density at radius 3 is 2.41 bits per heavy atom. The minimum atomic E-state index is -1.19. The van der Waals surface area contributed by atoms with Gasteiger partial charge in [-0.05, 0) is 57.8 Å². The maximum absolute atomic E-state index is 14.8. The Morgan fingerprint density at radius 2 is 1.90 bits per heavy atom. The molecule has 3 unspecified atom stereocenters. The van der Waals surface area contributed by atoms with Crippen molar-refractivity contribution in [2.75, 3.05) is 19.8 Å². The molecule has 0 aromatic heterocycles. The Bertz CT molecular complexity index is 982. The molecule has 220 valence electrons. The summed E-state index contributed by atoms with van der Waals surface area (Å²) in [6.45, 7) is 24.0. The van der Waals surface area contributed by atoms with Crippen molar-refractivity contribution in [3.63, 3.8) is 0 Å². The van der Waals surface area contributed by atoms with E-state index in [1.807, 2.05) is 34.6 Å². The van der Waals surface area contributed by atoms with Crippen LogP contribution in [0.5, 0.6) is 0 Å². The first-order valence-electron chi connectivity index (χ1n) is 14.4. The molecule has 0 radical (unpaired) electrons. The molecule has 2 amide bonds. The van der Waals surface area contributed by atoms with Gasteiger partial charge < -0.3 is 24.4 Å². The van der Waals surface area contributed by atoms with E-state index in [1.165, 1.54) is 4.90 Å². The first-order valence-corrected chi connectivity index (χ1v) is 14.4. The third-order valence-electron chi connectivity index (χ3n) is 9.15. The second-order valence-corrected chi connectivity index (χ2v) is 13.7. The van der Waals surface area contributed by atoms with Crippen LogP contribution >= 0.6 is 0 Å². The number of carbonyl (C=O) groups excluding carboxylic acids is 3. The minimum Gasteiger partial charge on any atom is -0.465 e. The Morgan fingerprint density at radius 1 is 1.26 bits per heavy atom. The van der Waals surface area contributed by atoms with E-state index >= 15 is 0 Å². The third kappa shape index (κ3) is 5.19. The van der Waals surface area contributed by atoms with Crippen LogP contribution in [-0.4, -0.2) is 81.3 Å². The van der Waals surface area contributed by atoms with Crippen LogP contribution in [0, 0.1) is 23.2 Å². The van der Waals surface area contributed by atoms with E-state index in [0.717, 1.165) is 6.42 Å². The van der Waals surface area contributed by atoms with E-state index in [9.17, 15) is 19.5 Å². The number of fused-ring (bicyclic) bond motifs is 1. The standard InChI is InChI=1S/C31H50N2O6/c1-11-14-16-38-27(37)23-22-25(35)33(21(13-3)18-34)24(31(22)17-20(4)30(23,10)39-31)26(36)32(15-12-2)29(8,9)19-28(5,6)7/h11-12,20-24,34H,1-2,13-19H2,3-10H3/t20?,21-,22-,23-,24?,30+,31?/m0/s1. The molecule has 0 aromatic rings. The molecule has 0 aliphatic carbocycles. The summed E-state index contributed by atoms with van der Waals surface area (Å²) in [5, 5.41) is 10.3. The molecule has 2 bridgehead atoms. The largest absolute Gasteiger partial charge is 0.465 e. The molecule has 3 aliphatic heterocycles. The Hall–Kier alpha value is -2.19. The molecule has 3 aliphatic rings. The SMILES string of the molecule is C=CCCOC(=O)[C@@H]1[C@H]2C(=O)N([C@@H](CC)CO)C(C(=O)N(CC=C)C(C)(C)CC(C)(C)C)C23CC(C)[C@@]1(C)O3. The molecule has 3 rings (SSSR count). The fourth-order valence-corrected chi connectivity index (χ4v) is 7.76. The monoisotopic (exact) mass is 546 g/mol. The summed E-state index contributed by atoms with van der Waals surface area (Å²) in [6, 6.07) is -1.55. The van der Waals surface area contributed by atoms with Crippen LogP contribution in [0.3, 0.4) is 0 Å². The van der Waals surface area contributed by atoms with Crippen LogP contribution in [-0.2, 0) is 23.9 Å². The van der Waals surface area contributed by atoms with Crippen molar-refractivity contribution in [1.29, 1.82) is 0 Å².